The van der Waals surface area contributed by atoms with Crippen LogP contribution in [0.25, 0.3) is 11.1 Å². The van der Waals surface area contributed by atoms with E-state index in [1.807, 2.05) is 36.4 Å². The normalized spacial score (nSPS) is 15.3. The number of anilines is 1. The second kappa shape index (κ2) is 7.46. The number of halogens is 1. The molecule has 1 N–H and O–H groups in total. The summed E-state index contributed by atoms with van der Waals surface area (Å²) >= 11 is 0. The Morgan fingerprint density at radius 3 is 2.93 bits per heavy atom. The van der Waals surface area contributed by atoms with E-state index in [9.17, 15) is 4.39 Å². The number of benzene rings is 2. The average Bonchev–Trinajstić information content (AvgIpc) is 2.72. The lowest BCUT2D eigenvalue weighted by molar-refractivity contribution is 0.270. The minimum atomic E-state index is -0.403. The Bertz CT molecular complexity index is 998. The van der Waals surface area contributed by atoms with Crippen LogP contribution in [0.3, 0.4) is 0 Å². The van der Waals surface area contributed by atoms with Gasteiger partial charge < -0.3 is 10.1 Å². The number of pyridine rings is 1. The van der Waals surface area contributed by atoms with Gasteiger partial charge in [0.1, 0.15) is 11.6 Å². The maximum atomic E-state index is 14.3. The van der Waals surface area contributed by atoms with Crippen molar-refractivity contribution >= 4 is 5.69 Å². The van der Waals surface area contributed by atoms with Crippen molar-refractivity contribution in [2.45, 2.75) is 12.3 Å². The van der Waals surface area contributed by atoms with Gasteiger partial charge in [0.05, 0.1) is 23.9 Å². The van der Waals surface area contributed by atoms with Crippen LogP contribution in [0.4, 0.5) is 10.1 Å². The van der Waals surface area contributed by atoms with E-state index in [-0.39, 0.29) is 0 Å². The maximum Gasteiger partial charge on any atom is 0.132 e. The molecule has 0 aliphatic carbocycles. The van der Waals surface area contributed by atoms with Crippen LogP contribution in [0.5, 0.6) is 5.75 Å². The number of nitrogens with zero attached hydrogens (tertiary/aromatic N) is 2. The van der Waals surface area contributed by atoms with Gasteiger partial charge >= 0.3 is 0 Å². The second-order valence-corrected chi connectivity index (χ2v) is 6.52. The Balaban J connectivity index is 1.57. The van der Waals surface area contributed by atoms with E-state index >= 15 is 0 Å². The van der Waals surface area contributed by atoms with Crippen molar-refractivity contribution in [3.63, 3.8) is 0 Å². The number of hydrogen-bond donors (Lipinski definition) is 1. The molecule has 0 bridgehead atoms. The van der Waals surface area contributed by atoms with Gasteiger partial charge in [-0.3, -0.25) is 4.98 Å². The van der Waals surface area contributed by atoms with Crippen molar-refractivity contribution in [2.75, 3.05) is 18.5 Å². The summed E-state index contributed by atoms with van der Waals surface area (Å²) in [5.41, 5.74) is 3.64. The quantitative estimate of drug-likeness (QED) is 0.731. The Kier molecular flexibility index (Phi) is 4.71. The highest BCUT2D eigenvalue weighted by Gasteiger charge is 2.22. The summed E-state index contributed by atoms with van der Waals surface area (Å²) in [6, 6.07) is 16.2. The average molecular weight is 359 g/mol. The highest BCUT2D eigenvalue weighted by molar-refractivity contribution is 5.68. The van der Waals surface area contributed by atoms with Crippen molar-refractivity contribution in [3.05, 3.63) is 77.9 Å². The lowest BCUT2D eigenvalue weighted by atomic mass is 9.90. The molecule has 0 radical (unpaired) electrons. The predicted octanol–water partition coefficient (Wildman–Crippen LogP) is 4.74. The monoisotopic (exact) mass is 359 g/mol. The third kappa shape index (κ3) is 3.61. The number of fused-ring (bicyclic) bond motifs is 1. The third-order valence-corrected chi connectivity index (χ3v) is 4.80. The molecule has 0 fully saturated rings. The molecule has 1 aliphatic heterocycles. The van der Waals surface area contributed by atoms with Crippen molar-refractivity contribution in [2.24, 2.45) is 0 Å². The molecule has 27 heavy (non-hydrogen) atoms. The van der Waals surface area contributed by atoms with E-state index in [4.69, 9.17) is 10.00 Å². The molecule has 5 heteroatoms. The highest BCUT2D eigenvalue weighted by Crippen LogP contribution is 2.37. The molecule has 2 aromatic carbocycles. The number of rotatable bonds is 4. The molecule has 0 amide bonds. The van der Waals surface area contributed by atoms with Crippen LogP contribution in [0.2, 0.25) is 0 Å². The fraction of sp³-hybridized carbons (Fsp3) is 0.182. The molecule has 4 rings (SSSR count). The molecular weight excluding hydrogens is 341 g/mol. The molecule has 1 aromatic heterocycles. The van der Waals surface area contributed by atoms with Gasteiger partial charge in [0.2, 0.25) is 0 Å². The molecule has 1 aliphatic rings. The zero-order chi connectivity index (χ0) is 18.6. The van der Waals surface area contributed by atoms with Crippen LogP contribution < -0.4 is 10.1 Å². The van der Waals surface area contributed by atoms with Crippen molar-refractivity contribution in [3.8, 4) is 22.9 Å². The first-order valence-corrected chi connectivity index (χ1v) is 8.85. The SMILES string of the molecule is N#Cc1ccc(-c2ccc3c(c2)OCC[C@@H]3CNc2cccnc2)c(F)c1. The summed E-state index contributed by atoms with van der Waals surface area (Å²) in [4.78, 5) is 4.12. The smallest absolute Gasteiger partial charge is 0.132 e. The molecule has 0 saturated heterocycles. The van der Waals surface area contributed by atoms with Gasteiger partial charge in [0.15, 0.2) is 0 Å². The number of ether oxygens (including phenoxy) is 1. The van der Waals surface area contributed by atoms with Crippen LogP contribution >= 0.6 is 0 Å². The topological polar surface area (TPSA) is 57.9 Å². The Morgan fingerprint density at radius 2 is 2.15 bits per heavy atom. The van der Waals surface area contributed by atoms with Crippen molar-refractivity contribution in [1.29, 1.82) is 5.26 Å². The summed E-state index contributed by atoms with van der Waals surface area (Å²) in [5.74, 6) is 0.703. The predicted molar refractivity (Wildman–Crippen MR) is 102 cm³/mol. The fourth-order valence-corrected chi connectivity index (χ4v) is 3.37. The van der Waals surface area contributed by atoms with E-state index in [1.165, 1.54) is 6.07 Å². The summed E-state index contributed by atoms with van der Waals surface area (Å²) < 4.78 is 20.2. The van der Waals surface area contributed by atoms with Gasteiger partial charge in [-0.2, -0.15) is 5.26 Å². The minimum Gasteiger partial charge on any atom is -0.493 e. The van der Waals surface area contributed by atoms with Crippen LogP contribution in [0.1, 0.15) is 23.5 Å². The van der Waals surface area contributed by atoms with Gasteiger partial charge in [0.25, 0.3) is 0 Å². The molecule has 2 heterocycles. The third-order valence-electron chi connectivity index (χ3n) is 4.80. The molecule has 0 spiro atoms. The molecule has 134 valence electrons. The van der Waals surface area contributed by atoms with E-state index in [1.54, 1.807) is 24.5 Å². The number of nitriles is 1. The first-order chi connectivity index (χ1) is 13.2. The molecule has 4 nitrogen and oxygen atoms in total. The minimum absolute atomic E-state index is 0.312. The van der Waals surface area contributed by atoms with Crippen LogP contribution in [-0.2, 0) is 0 Å². The van der Waals surface area contributed by atoms with E-state index in [2.05, 4.69) is 10.3 Å². The van der Waals surface area contributed by atoms with Gasteiger partial charge in [0, 0.05) is 30.4 Å². The van der Waals surface area contributed by atoms with Crippen LogP contribution in [0.15, 0.2) is 60.9 Å². The molecular formula is C22H18FN3O. The second-order valence-electron chi connectivity index (χ2n) is 6.52. The molecule has 3 aromatic rings. The molecule has 0 saturated carbocycles. The standard InChI is InChI=1S/C22H18FN3O/c23-21-10-15(12-24)3-5-19(21)16-4-6-20-17(7-9-27-22(20)11-16)13-26-18-2-1-8-25-14-18/h1-6,8,10-11,14,17,26H,7,9,13H2/t17-/m1/s1. The van der Waals surface area contributed by atoms with E-state index in [0.29, 0.717) is 23.7 Å². The summed E-state index contributed by atoms with van der Waals surface area (Å²) in [5, 5.41) is 12.3. The van der Waals surface area contributed by atoms with E-state index < -0.39 is 5.82 Å². The first kappa shape index (κ1) is 17.0. The Hall–Kier alpha value is -3.39. The zero-order valence-corrected chi connectivity index (χ0v) is 14.7. The highest BCUT2D eigenvalue weighted by atomic mass is 19.1. The first-order valence-electron chi connectivity index (χ1n) is 8.85. The molecule has 0 unspecified atom stereocenters. The van der Waals surface area contributed by atoms with Gasteiger partial charge in [-0.1, -0.05) is 18.2 Å². The van der Waals surface area contributed by atoms with Crippen molar-refractivity contribution < 1.29 is 9.13 Å². The number of hydrogen-bond acceptors (Lipinski definition) is 4. The van der Waals surface area contributed by atoms with Crippen molar-refractivity contribution in [1.82, 2.24) is 4.98 Å². The fourth-order valence-electron chi connectivity index (χ4n) is 3.37. The van der Waals surface area contributed by atoms with Crippen LogP contribution in [-0.4, -0.2) is 18.1 Å². The zero-order valence-electron chi connectivity index (χ0n) is 14.7. The largest absolute Gasteiger partial charge is 0.493 e. The van der Waals surface area contributed by atoms with Gasteiger partial charge in [-0.15, -0.1) is 0 Å². The lowest BCUT2D eigenvalue weighted by Crippen LogP contribution is -2.20. The summed E-state index contributed by atoms with van der Waals surface area (Å²) in [6.45, 7) is 1.41. The van der Waals surface area contributed by atoms with Gasteiger partial charge in [-0.05, 0) is 47.9 Å². The van der Waals surface area contributed by atoms with Crippen LogP contribution in [0, 0.1) is 17.1 Å². The number of nitrogens with one attached hydrogen (secondary N) is 1. The summed E-state index contributed by atoms with van der Waals surface area (Å²) in [7, 11) is 0. The lowest BCUT2D eigenvalue weighted by Gasteiger charge is -2.27. The number of aromatic nitrogens is 1. The van der Waals surface area contributed by atoms with E-state index in [0.717, 1.165) is 35.5 Å². The summed E-state index contributed by atoms with van der Waals surface area (Å²) in [6.07, 6.45) is 4.47. The maximum absolute atomic E-state index is 14.3. The molecule has 1 atom stereocenters. The Labute approximate surface area is 157 Å². The Morgan fingerprint density at radius 1 is 1.22 bits per heavy atom. The van der Waals surface area contributed by atoms with Gasteiger partial charge in [-0.25, -0.2) is 4.39 Å².